The molecule has 26 heavy (non-hydrogen) atoms. The molecule has 1 saturated carbocycles. The Bertz CT molecular complexity index is 678. The van der Waals surface area contributed by atoms with Crippen LogP contribution in [0, 0.1) is 5.92 Å². The Balaban J connectivity index is 1.34. The van der Waals surface area contributed by atoms with Gasteiger partial charge in [-0.25, -0.2) is 0 Å². The summed E-state index contributed by atoms with van der Waals surface area (Å²) >= 11 is 0. The molecule has 3 rings (SSSR count). The minimum Gasteiger partial charge on any atom is -0.356 e. The van der Waals surface area contributed by atoms with Gasteiger partial charge >= 0.3 is 0 Å². The molecular weight excluding hydrogens is 328 g/mol. The zero-order valence-electron chi connectivity index (χ0n) is 15.4. The molecule has 0 spiro atoms. The van der Waals surface area contributed by atoms with Gasteiger partial charge in [-0.2, -0.15) is 4.98 Å². The van der Waals surface area contributed by atoms with E-state index in [0.717, 1.165) is 18.4 Å². The molecule has 7 nitrogen and oxygen atoms in total. The Morgan fingerprint density at radius 2 is 2.08 bits per heavy atom. The fraction of sp³-hybridized carbons (Fsp3) is 0.579. The number of aromatic nitrogens is 3. The molecule has 7 heteroatoms. The van der Waals surface area contributed by atoms with Crippen molar-refractivity contribution >= 4 is 5.96 Å². The number of nitrogens with one attached hydrogen (secondary N) is 2. The minimum atomic E-state index is 0.454. The zero-order valence-corrected chi connectivity index (χ0v) is 15.4. The van der Waals surface area contributed by atoms with Crippen LogP contribution in [-0.4, -0.2) is 41.2 Å². The van der Waals surface area contributed by atoms with Crippen LogP contribution in [-0.2, 0) is 6.42 Å². The van der Waals surface area contributed by atoms with Crippen LogP contribution in [0.4, 0.5) is 0 Å². The Hall–Kier alpha value is -2.44. The molecule has 0 aliphatic heterocycles. The first-order chi connectivity index (χ1) is 12.8. The van der Waals surface area contributed by atoms with Crippen molar-refractivity contribution in [3.05, 3.63) is 30.2 Å². The van der Waals surface area contributed by atoms with E-state index < -0.39 is 0 Å². The maximum atomic E-state index is 5.27. The van der Waals surface area contributed by atoms with Crippen LogP contribution in [0.15, 0.2) is 33.9 Å². The van der Waals surface area contributed by atoms with Gasteiger partial charge in [-0.05, 0) is 30.9 Å². The van der Waals surface area contributed by atoms with Crippen LogP contribution in [0.25, 0.3) is 11.6 Å². The largest absolute Gasteiger partial charge is 0.356 e. The molecule has 0 saturated heterocycles. The molecule has 2 heterocycles. The molecule has 2 aromatic rings. The molecule has 0 radical (unpaired) electrons. The van der Waals surface area contributed by atoms with Crippen LogP contribution in [0.5, 0.6) is 0 Å². The van der Waals surface area contributed by atoms with Gasteiger partial charge in [0.25, 0.3) is 5.89 Å². The van der Waals surface area contributed by atoms with Gasteiger partial charge in [0, 0.05) is 32.8 Å². The molecule has 1 aliphatic rings. The highest BCUT2D eigenvalue weighted by Gasteiger charge is 2.14. The highest BCUT2D eigenvalue weighted by Crippen LogP contribution is 2.28. The van der Waals surface area contributed by atoms with Gasteiger partial charge in [-0.15, -0.1) is 0 Å². The molecular formula is C19H28N6O. The molecule has 0 unspecified atom stereocenters. The molecule has 2 aromatic heterocycles. The van der Waals surface area contributed by atoms with Gasteiger partial charge in [0.05, 0.1) is 0 Å². The Morgan fingerprint density at radius 3 is 2.85 bits per heavy atom. The van der Waals surface area contributed by atoms with Gasteiger partial charge in [0.1, 0.15) is 5.69 Å². The van der Waals surface area contributed by atoms with Gasteiger partial charge in [0.15, 0.2) is 11.8 Å². The van der Waals surface area contributed by atoms with Crippen molar-refractivity contribution in [2.45, 2.75) is 44.9 Å². The molecule has 0 atom stereocenters. The second kappa shape index (κ2) is 9.89. The lowest BCUT2D eigenvalue weighted by Crippen LogP contribution is -2.38. The fourth-order valence-corrected chi connectivity index (χ4v) is 3.36. The quantitative estimate of drug-likeness (QED) is 0.429. The van der Waals surface area contributed by atoms with Crippen molar-refractivity contribution in [3.63, 3.8) is 0 Å². The van der Waals surface area contributed by atoms with Gasteiger partial charge in [-0.3, -0.25) is 9.98 Å². The van der Waals surface area contributed by atoms with Crippen molar-refractivity contribution in [1.82, 2.24) is 25.8 Å². The molecule has 0 bridgehead atoms. The molecule has 140 valence electrons. The number of nitrogens with zero attached hydrogens (tertiary/aromatic N) is 4. The van der Waals surface area contributed by atoms with Crippen molar-refractivity contribution in [2.75, 3.05) is 20.1 Å². The smallest absolute Gasteiger partial charge is 0.276 e. The van der Waals surface area contributed by atoms with E-state index in [1.165, 1.54) is 38.5 Å². The molecule has 2 N–H and O–H groups in total. The van der Waals surface area contributed by atoms with Gasteiger partial charge in [0.2, 0.25) is 0 Å². The van der Waals surface area contributed by atoms with Gasteiger partial charge < -0.3 is 15.2 Å². The first-order valence-electron chi connectivity index (χ1n) is 9.53. The lowest BCUT2D eigenvalue weighted by molar-refractivity contribution is 0.421. The fourth-order valence-electron chi connectivity index (χ4n) is 3.36. The third-order valence-electron chi connectivity index (χ3n) is 4.77. The van der Waals surface area contributed by atoms with Crippen LogP contribution in [0.3, 0.4) is 0 Å². The molecule has 1 aliphatic carbocycles. The summed E-state index contributed by atoms with van der Waals surface area (Å²) in [7, 11) is 1.79. The monoisotopic (exact) mass is 356 g/mol. The highest BCUT2D eigenvalue weighted by molar-refractivity contribution is 5.79. The zero-order chi connectivity index (χ0) is 18.0. The first kappa shape index (κ1) is 18.4. The molecule has 0 aromatic carbocycles. The van der Waals surface area contributed by atoms with Crippen LogP contribution in [0.2, 0.25) is 0 Å². The summed E-state index contributed by atoms with van der Waals surface area (Å²) in [5.41, 5.74) is 0.693. The van der Waals surface area contributed by atoms with E-state index in [-0.39, 0.29) is 0 Å². The van der Waals surface area contributed by atoms with Crippen LogP contribution >= 0.6 is 0 Å². The van der Waals surface area contributed by atoms with E-state index in [2.05, 4.69) is 30.8 Å². The standard InChI is InChI=1S/C19H28N6O/c1-20-19(22-13-6-9-15-7-2-3-8-15)23-14-11-17-24-18(26-25-17)16-10-4-5-12-21-16/h4-5,10,12,15H,2-3,6-9,11,13-14H2,1H3,(H2,20,22,23). The van der Waals surface area contributed by atoms with Crippen LogP contribution < -0.4 is 10.6 Å². The number of guanidine groups is 1. The topological polar surface area (TPSA) is 88.2 Å². The summed E-state index contributed by atoms with van der Waals surface area (Å²) in [6, 6.07) is 5.61. The summed E-state index contributed by atoms with van der Waals surface area (Å²) in [4.78, 5) is 12.9. The third-order valence-corrected chi connectivity index (χ3v) is 4.77. The van der Waals surface area contributed by atoms with Crippen molar-refractivity contribution in [3.8, 4) is 11.6 Å². The van der Waals surface area contributed by atoms with E-state index in [1.54, 1.807) is 13.2 Å². The summed E-state index contributed by atoms with van der Waals surface area (Å²) < 4.78 is 5.27. The summed E-state index contributed by atoms with van der Waals surface area (Å²) in [5.74, 6) is 2.88. The number of aliphatic imine (C=N–C) groups is 1. The molecule has 0 amide bonds. The maximum Gasteiger partial charge on any atom is 0.276 e. The lowest BCUT2D eigenvalue weighted by Gasteiger charge is -2.12. The summed E-state index contributed by atoms with van der Waals surface area (Å²) in [5, 5.41) is 10.7. The van der Waals surface area contributed by atoms with Crippen LogP contribution in [0.1, 0.15) is 44.3 Å². The number of rotatable bonds is 8. The number of hydrogen-bond acceptors (Lipinski definition) is 5. The predicted molar refractivity (Wildman–Crippen MR) is 102 cm³/mol. The van der Waals surface area contributed by atoms with Crippen molar-refractivity contribution < 1.29 is 4.52 Å². The molecule has 1 fully saturated rings. The normalized spacial score (nSPS) is 15.3. The maximum absolute atomic E-state index is 5.27. The Kier molecular flexibility index (Phi) is 6.98. The summed E-state index contributed by atoms with van der Waals surface area (Å²) in [6.07, 6.45) is 10.6. The number of pyridine rings is 1. The second-order valence-corrected chi connectivity index (χ2v) is 6.70. The van der Waals surface area contributed by atoms with E-state index in [1.807, 2.05) is 18.2 Å². The van der Waals surface area contributed by atoms with Crippen molar-refractivity contribution in [1.29, 1.82) is 0 Å². The number of hydrogen-bond donors (Lipinski definition) is 2. The van der Waals surface area contributed by atoms with E-state index in [9.17, 15) is 0 Å². The van der Waals surface area contributed by atoms with Crippen molar-refractivity contribution in [2.24, 2.45) is 10.9 Å². The SMILES string of the molecule is CN=C(NCCCC1CCCC1)NCCc1noc(-c2ccccn2)n1. The third kappa shape index (κ3) is 5.54. The van der Waals surface area contributed by atoms with E-state index >= 15 is 0 Å². The Labute approximate surface area is 154 Å². The van der Waals surface area contributed by atoms with Gasteiger partial charge in [-0.1, -0.05) is 36.9 Å². The first-order valence-corrected chi connectivity index (χ1v) is 9.53. The van der Waals surface area contributed by atoms with E-state index in [0.29, 0.717) is 30.4 Å². The highest BCUT2D eigenvalue weighted by atomic mass is 16.5. The minimum absolute atomic E-state index is 0.454. The Morgan fingerprint density at radius 1 is 1.23 bits per heavy atom. The second-order valence-electron chi connectivity index (χ2n) is 6.70. The summed E-state index contributed by atoms with van der Waals surface area (Å²) in [6.45, 7) is 1.66. The van der Waals surface area contributed by atoms with E-state index in [4.69, 9.17) is 4.52 Å². The average Bonchev–Trinajstić information content (AvgIpc) is 3.36. The predicted octanol–water partition coefficient (Wildman–Crippen LogP) is 2.81. The lowest BCUT2D eigenvalue weighted by atomic mass is 10.0. The average molecular weight is 356 g/mol.